The summed E-state index contributed by atoms with van der Waals surface area (Å²) in [6, 6.07) is 42.9. The van der Waals surface area contributed by atoms with Gasteiger partial charge in [0.05, 0.1) is 0 Å². The molecule has 0 fully saturated rings. The third-order valence-corrected chi connectivity index (χ3v) is 6.41. The third kappa shape index (κ3) is 5.24. The van der Waals surface area contributed by atoms with Crippen LogP contribution in [0, 0.1) is 0 Å². The molecule has 0 spiro atoms. The summed E-state index contributed by atoms with van der Waals surface area (Å²) < 4.78 is 0. The minimum atomic E-state index is 0.0440. The van der Waals surface area contributed by atoms with Crippen LogP contribution in [0.1, 0.15) is 54.1 Å². The standard InChI is InChI=1S/C34H26O2/c35-33(27-11-3-1-4-12-27)31-17-9-7-15-29(31)23-25-19-21-26(22-20-25)24-30-16-8-10-18-32(30)34(36)28-13-5-2-6-14-28/h1-22H,23-24H2. The highest BCUT2D eigenvalue weighted by Gasteiger charge is 2.15. The van der Waals surface area contributed by atoms with E-state index in [2.05, 4.69) is 24.3 Å². The van der Waals surface area contributed by atoms with Gasteiger partial charge in [0, 0.05) is 22.3 Å². The number of ketones is 2. The molecule has 0 aromatic heterocycles. The second-order valence-corrected chi connectivity index (χ2v) is 8.87. The van der Waals surface area contributed by atoms with Gasteiger partial charge in [-0.15, -0.1) is 0 Å². The lowest BCUT2D eigenvalue weighted by Crippen LogP contribution is -2.06. The van der Waals surface area contributed by atoms with Crippen LogP contribution >= 0.6 is 0 Å². The summed E-state index contributed by atoms with van der Waals surface area (Å²) >= 11 is 0. The molecule has 0 bridgehead atoms. The molecule has 0 heterocycles. The van der Waals surface area contributed by atoms with Crippen molar-refractivity contribution in [2.24, 2.45) is 0 Å². The van der Waals surface area contributed by atoms with Gasteiger partial charge in [0.15, 0.2) is 11.6 Å². The van der Waals surface area contributed by atoms with Crippen molar-refractivity contribution in [1.29, 1.82) is 0 Å². The van der Waals surface area contributed by atoms with E-state index in [1.165, 1.54) is 0 Å². The van der Waals surface area contributed by atoms with Crippen LogP contribution < -0.4 is 0 Å². The SMILES string of the molecule is O=C(c1ccccc1)c1ccccc1Cc1ccc(Cc2ccccc2C(=O)c2ccccc2)cc1. The molecule has 2 heteroatoms. The molecule has 0 aliphatic carbocycles. The number of hydrogen-bond donors (Lipinski definition) is 0. The van der Waals surface area contributed by atoms with Crippen molar-refractivity contribution in [3.8, 4) is 0 Å². The average molecular weight is 467 g/mol. The molecule has 0 unspecified atom stereocenters. The molecule has 0 amide bonds. The highest BCUT2D eigenvalue weighted by atomic mass is 16.1. The van der Waals surface area contributed by atoms with E-state index in [9.17, 15) is 9.59 Å². The molecule has 0 radical (unpaired) electrons. The van der Waals surface area contributed by atoms with Crippen molar-refractivity contribution in [2.45, 2.75) is 12.8 Å². The highest BCUT2D eigenvalue weighted by Crippen LogP contribution is 2.21. The van der Waals surface area contributed by atoms with Crippen LogP contribution in [0.2, 0.25) is 0 Å². The summed E-state index contributed by atoms with van der Waals surface area (Å²) in [4.78, 5) is 26.2. The summed E-state index contributed by atoms with van der Waals surface area (Å²) in [5, 5.41) is 0. The minimum absolute atomic E-state index is 0.0440. The first kappa shape index (κ1) is 23.2. The first-order chi connectivity index (χ1) is 17.7. The van der Waals surface area contributed by atoms with E-state index in [1.54, 1.807) is 0 Å². The number of rotatable bonds is 8. The van der Waals surface area contributed by atoms with E-state index in [4.69, 9.17) is 0 Å². The number of carbonyl (C=O) groups excluding carboxylic acids is 2. The van der Waals surface area contributed by atoms with Gasteiger partial charge in [-0.2, -0.15) is 0 Å². The van der Waals surface area contributed by atoms with Crippen LogP contribution in [-0.2, 0) is 12.8 Å². The fourth-order valence-corrected chi connectivity index (χ4v) is 4.50. The van der Waals surface area contributed by atoms with Gasteiger partial charge in [-0.3, -0.25) is 9.59 Å². The van der Waals surface area contributed by atoms with Gasteiger partial charge in [0.1, 0.15) is 0 Å². The Morgan fingerprint density at radius 3 is 1.11 bits per heavy atom. The van der Waals surface area contributed by atoms with Crippen molar-refractivity contribution in [2.75, 3.05) is 0 Å². The maximum absolute atomic E-state index is 13.1. The van der Waals surface area contributed by atoms with Crippen LogP contribution in [-0.4, -0.2) is 11.6 Å². The molecule has 5 aromatic rings. The Kier molecular flexibility index (Phi) is 6.95. The third-order valence-electron chi connectivity index (χ3n) is 6.41. The van der Waals surface area contributed by atoms with Crippen molar-refractivity contribution < 1.29 is 9.59 Å². The van der Waals surface area contributed by atoms with Gasteiger partial charge in [0.25, 0.3) is 0 Å². The van der Waals surface area contributed by atoms with E-state index in [1.807, 2.05) is 109 Å². The zero-order chi connectivity index (χ0) is 24.7. The Morgan fingerprint density at radius 2 is 0.722 bits per heavy atom. The molecule has 0 N–H and O–H groups in total. The van der Waals surface area contributed by atoms with E-state index in [0.717, 1.165) is 33.4 Å². The fraction of sp³-hybridized carbons (Fsp3) is 0.0588. The summed E-state index contributed by atoms with van der Waals surface area (Å²) in [6.07, 6.45) is 1.36. The molecule has 36 heavy (non-hydrogen) atoms. The van der Waals surface area contributed by atoms with Gasteiger partial charge >= 0.3 is 0 Å². The normalized spacial score (nSPS) is 10.7. The van der Waals surface area contributed by atoms with Crippen molar-refractivity contribution in [3.05, 3.63) is 178 Å². The Bertz CT molecular complexity index is 1370. The average Bonchev–Trinajstić information content (AvgIpc) is 2.95. The summed E-state index contributed by atoms with van der Waals surface area (Å²) in [6.45, 7) is 0. The van der Waals surface area contributed by atoms with Gasteiger partial charge in [-0.1, -0.05) is 133 Å². The topological polar surface area (TPSA) is 34.1 Å². The molecule has 0 atom stereocenters. The lowest BCUT2D eigenvalue weighted by Gasteiger charge is -2.11. The van der Waals surface area contributed by atoms with Crippen LogP contribution in [0.25, 0.3) is 0 Å². The van der Waals surface area contributed by atoms with Gasteiger partial charge in [-0.05, 0) is 35.1 Å². The first-order valence-corrected chi connectivity index (χ1v) is 12.1. The van der Waals surface area contributed by atoms with Gasteiger partial charge in [0.2, 0.25) is 0 Å². The Labute approximate surface area is 211 Å². The predicted octanol–water partition coefficient (Wildman–Crippen LogP) is 7.33. The predicted molar refractivity (Wildman–Crippen MR) is 145 cm³/mol. The van der Waals surface area contributed by atoms with E-state index < -0.39 is 0 Å². The lowest BCUT2D eigenvalue weighted by molar-refractivity contribution is 0.103. The zero-order valence-electron chi connectivity index (χ0n) is 19.9. The summed E-state index contributed by atoms with van der Waals surface area (Å²) in [5.74, 6) is 0.0880. The smallest absolute Gasteiger partial charge is 0.193 e. The van der Waals surface area contributed by atoms with Crippen molar-refractivity contribution >= 4 is 11.6 Å². The van der Waals surface area contributed by atoms with Crippen LogP contribution in [0.5, 0.6) is 0 Å². The van der Waals surface area contributed by atoms with E-state index >= 15 is 0 Å². The fourth-order valence-electron chi connectivity index (χ4n) is 4.50. The molecular weight excluding hydrogens is 440 g/mol. The maximum atomic E-state index is 13.1. The molecule has 0 saturated carbocycles. The van der Waals surface area contributed by atoms with Crippen LogP contribution in [0.4, 0.5) is 0 Å². The van der Waals surface area contributed by atoms with E-state index in [0.29, 0.717) is 24.0 Å². The van der Waals surface area contributed by atoms with Crippen molar-refractivity contribution in [1.82, 2.24) is 0 Å². The lowest BCUT2D eigenvalue weighted by atomic mass is 9.92. The molecular formula is C34H26O2. The van der Waals surface area contributed by atoms with Gasteiger partial charge < -0.3 is 0 Å². The molecule has 0 saturated heterocycles. The molecule has 174 valence electrons. The monoisotopic (exact) mass is 466 g/mol. The van der Waals surface area contributed by atoms with Crippen LogP contribution in [0.3, 0.4) is 0 Å². The number of hydrogen-bond acceptors (Lipinski definition) is 2. The Balaban J connectivity index is 1.34. The second kappa shape index (κ2) is 10.8. The van der Waals surface area contributed by atoms with Crippen molar-refractivity contribution in [3.63, 3.8) is 0 Å². The molecule has 5 aromatic carbocycles. The number of benzene rings is 5. The largest absolute Gasteiger partial charge is 0.289 e. The summed E-state index contributed by atoms with van der Waals surface area (Å²) in [5.41, 5.74) is 7.17. The molecule has 0 aliphatic heterocycles. The second-order valence-electron chi connectivity index (χ2n) is 8.87. The Hall–Kier alpha value is -4.56. The van der Waals surface area contributed by atoms with Crippen LogP contribution in [0.15, 0.2) is 133 Å². The Morgan fingerprint density at radius 1 is 0.389 bits per heavy atom. The quantitative estimate of drug-likeness (QED) is 0.224. The first-order valence-electron chi connectivity index (χ1n) is 12.1. The summed E-state index contributed by atoms with van der Waals surface area (Å²) in [7, 11) is 0. The maximum Gasteiger partial charge on any atom is 0.193 e. The highest BCUT2D eigenvalue weighted by molar-refractivity contribution is 6.10. The minimum Gasteiger partial charge on any atom is -0.289 e. The number of carbonyl (C=O) groups is 2. The molecule has 5 rings (SSSR count). The van der Waals surface area contributed by atoms with E-state index in [-0.39, 0.29) is 11.6 Å². The van der Waals surface area contributed by atoms with Gasteiger partial charge in [-0.25, -0.2) is 0 Å². The zero-order valence-corrected chi connectivity index (χ0v) is 19.9. The molecule has 2 nitrogen and oxygen atoms in total. The molecule has 0 aliphatic rings.